The SMILES string of the molecule is O=C1CCCCC/C1=C\Nc1ccc2c(c1)OCO2. The minimum absolute atomic E-state index is 0.269. The van der Waals surface area contributed by atoms with Crippen molar-refractivity contribution in [2.75, 3.05) is 12.1 Å². The summed E-state index contributed by atoms with van der Waals surface area (Å²) >= 11 is 0. The maximum atomic E-state index is 11.9. The molecule has 2 aliphatic rings. The predicted octanol–water partition coefficient (Wildman–Crippen LogP) is 3.24. The molecule has 1 aliphatic heterocycles. The number of hydrogen-bond donors (Lipinski definition) is 1. The number of ketones is 1. The minimum Gasteiger partial charge on any atom is -0.454 e. The van der Waals surface area contributed by atoms with Crippen molar-refractivity contribution in [2.45, 2.75) is 32.1 Å². The zero-order valence-electron chi connectivity index (χ0n) is 10.8. The standard InChI is InChI=1S/C15H17NO3/c17-13-5-3-1-2-4-11(13)9-16-12-6-7-14-15(8-12)19-10-18-14/h6-9,16H,1-5,10H2/b11-9+. The molecule has 19 heavy (non-hydrogen) atoms. The van der Waals surface area contributed by atoms with Crippen molar-refractivity contribution in [3.8, 4) is 11.5 Å². The van der Waals surface area contributed by atoms with E-state index in [0.29, 0.717) is 6.42 Å². The Morgan fingerprint density at radius 2 is 1.89 bits per heavy atom. The Hall–Kier alpha value is -1.97. The van der Waals surface area contributed by atoms with Crippen molar-refractivity contribution < 1.29 is 14.3 Å². The molecule has 0 atom stereocenters. The molecule has 4 heteroatoms. The molecule has 0 aromatic heterocycles. The number of anilines is 1. The van der Waals surface area contributed by atoms with E-state index in [1.165, 1.54) is 0 Å². The van der Waals surface area contributed by atoms with Crippen molar-refractivity contribution in [1.82, 2.24) is 0 Å². The van der Waals surface area contributed by atoms with E-state index in [1.54, 1.807) is 0 Å². The summed E-state index contributed by atoms with van der Waals surface area (Å²) in [6, 6.07) is 5.68. The van der Waals surface area contributed by atoms with E-state index in [1.807, 2.05) is 24.4 Å². The van der Waals surface area contributed by atoms with E-state index in [-0.39, 0.29) is 12.6 Å². The molecule has 1 saturated carbocycles. The van der Waals surface area contributed by atoms with Gasteiger partial charge in [0.2, 0.25) is 6.79 Å². The number of nitrogens with one attached hydrogen (secondary N) is 1. The topological polar surface area (TPSA) is 47.6 Å². The monoisotopic (exact) mass is 259 g/mol. The summed E-state index contributed by atoms with van der Waals surface area (Å²) in [5, 5.41) is 3.18. The van der Waals surface area contributed by atoms with Crippen molar-refractivity contribution in [3.05, 3.63) is 30.0 Å². The number of benzene rings is 1. The predicted molar refractivity (Wildman–Crippen MR) is 72.4 cm³/mol. The van der Waals surface area contributed by atoms with Crippen LogP contribution < -0.4 is 14.8 Å². The van der Waals surface area contributed by atoms with Crippen LogP contribution in [0.25, 0.3) is 0 Å². The molecule has 3 rings (SSSR count). The number of carbonyl (C=O) groups is 1. The van der Waals surface area contributed by atoms with Crippen LogP contribution >= 0.6 is 0 Å². The molecule has 0 bridgehead atoms. The number of rotatable bonds is 2. The first-order valence-electron chi connectivity index (χ1n) is 6.71. The second kappa shape index (κ2) is 5.34. The molecule has 1 heterocycles. The zero-order valence-corrected chi connectivity index (χ0v) is 10.8. The van der Waals surface area contributed by atoms with Gasteiger partial charge in [-0.15, -0.1) is 0 Å². The first-order valence-corrected chi connectivity index (χ1v) is 6.71. The first-order chi connectivity index (χ1) is 9.33. The Labute approximate surface area is 112 Å². The van der Waals surface area contributed by atoms with E-state index >= 15 is 0 Å². The molecule has 1 aliphatic carbocycles. The number of Topliss-reactive ketones (excluding diaryl/α,β-unsaturated/α-hetero) is 1. The van der Waals surface area contributed by atoms with Gasteiger partial charge in [-0.25, -0.2) is 0 Å². The number of ether oxygens (including phenoxy) is 2. The van der Waals surface area contributed by atoms with Crippen molar-refractivity contribution >= 4 is 11.5 Å². The van der Waals surface area contributed by atoms with Crippen LogP contribution in [0.5, 0.6) is 11.5 Å². The maximum Gasteiger partial charge on any atom is 0.231 e. The average Bonchev–Trinajstić information content (AvgIpc) is 2.79. The number of allylic oxidation sites excluding steroid dienone is 1. The fourth-order valence-corrected chi connectivity index (χ4v) is 2.39. The number of carbonyl (C=O) groups excluding carboxylic acids is 1. The smallest absolute Gasteiger partial charge is 0.231 e. The van der Waals surface area contributed by atoms with Gasteiger partial charge in [-0.05, 0) is 31.4 Å². The van der Waals surface area contributed by atoms with E-state index in [9.17, 15) is 4.79 Å². The van der Waals surface area contributed by atoms with Gasteiger partial charge in [0, 0.05) is 29.9 Å². The summed E-state index contributed by atoms with van der Waals surface area (Å²) < 4.78 is 10.6. The highest BCUT2D eigenvalue weighted by Gasteiger charge is 2.14. The highest BCUT2D eigenvalue weighted by molar-refractivity contribution is 5.95. The fourth-order valence-electron chi connectivity index (χ4n) is 2.39. The average molecular weight is 259 g/mol. The Morgan fingerprint density at radius 3 is 2.84 bits per heavy atom. The highest BCUT2D eigenvalue weighted by Crippen LogP contribution is 2.34. The molecule has 0 unspecified atom stereocenters. The Morgan fingerprint density at radius 1 is 1.05 bits per heavy atom. The lowest BCUT2D eigenvalue weighted by Crippen LogP contribution is -2.02. The van der Waals surface area contributed by atoms with Gasteiger partial charge in [0.05, 0.1) is 0 Å². The van der Waals surface area contributed by atoms with Crippen molar-refractivity contribution in [2.24, 2.45) is 0 Å². The molecular formula is C15H17NO3. The van der Waals surface area contributed by atoms with Crippen LogP contribution in [0.1, 0.15) is 32.1 Å². The van der Waals surface area contributed by atoms with Crippen molar-refractivity contribution in [3.63, 3.8) is 0 Å². The van der Waals surface area contributed by atoms with Crippen LogP contribution in [-0.2, 0) is 4.79 Å². The van der Waals surface area contributed by atoms with E-state index < -0.39 is 0 Å². The molecule has 0 saturated heterocycles. The summed E-state index contributed by atoms with van der Waals surface area (Å²) in [4.78, 5) is 11.9. The van der Waals surface area contributed by atoms with E-state index in [2.05, 4.69) is 5.32 Å². The molecular weight excluding hydrogens is 242 g/mol. The molecule has 100 valence electrons. The van der Waals surface area contributed by atoms with Crippen LogP contribution in [0.3, 0.4) is 0 Å². The molecule has 1 N–H and O–H groups in total. The van der Waals surface area contributed by atoms with Crippen LogP contribution in [-0.4, -0.2) is 12.6 Å². The van der Waals surface area contributed by atoms with Gasteiger partial charge in [0.1, 0.15) is 0 Å². The van der Waals surface area contributed by atoms with Crippen LogP contribution in [0.4, 0.5) is 5.69 Å². The summed E-state index contributed by atoms with van der Waals surface area (Å²) in [6.45, 7) is 0.276. The molecule has 4 nitrogen and oxygen atoms in total. The third-order valence-corrected chi connectivity index (χ3v) is 3.49. The number of hydrogen-bond acceptors (Lipinski definition) is 4. The second-order valence-corrected chi connectivity index (χ2v) is 4.87. The molecule has 0 spiro atoms. The van der Waals surface area contributed by atoms with Gasteiger partial charge in [0.15, 0.2) is 17.3 Å². The summed E-state index contributed by atoms with van der Waals surface area (Å²) in [5.41, 5.74) is 1.81. The van der Waals surface area contributed by atoms with Crippen LogP contribution in [0.15, 0.2) is 30.0 Å². The molecule has 1 aromatic rings. The maximum absolute atomic E-state index is 11.9. The van der Waals surface area contributed by atoms with Gasteiger partial charge in [0.25, 0.3) is 0 Å². The summed E-state index contributed by atoms with van der Waals surface area (Å²) in [7, 11) is 0. The third-order valence-electron chi connectivity index (χ3n) is 3.49. The lowest BCUT2D eigenvalue weighted by Gasteiger charge is -2.05. The van der Waals surface area contributed by atoms with Gasteiger partial charge in [-0.2, -0.15) is 0 Å². The molecule has 1 fully saturated rings. The molecule has 0 radical (unpaired) electrons. The van der Waals surface area contributed by atoms with Crippen LogP contribution in [0, 0.1) is 0 Å². The Balaban J connectivity index is 1.72. The number of fused-ring (bicyclic) bond motifs is 1. The fraction of sp³-hybridized carbons (Fsp3) is 0.400. The van der Waals surface area contributed by atoms with Gasteiger partial charge in [-0.3, -0.25) is 4.79 Å². The molecule has 0 amide bonds. The summed E-state index contributed by atoms with van der Waals surface area (Å²) in [6.07, 6.45) is 6.64. The Kier molecular flexibility index (Phi) is 3.40. The second-order valence-electron chi connectivity index (χ2n) is 4.87. The third kappa shape index (κ3) is 2.72. The largest absolute Gasteiger partial charge is 0.454 e. The lowest BCUT2D eigenvalue weighted by molar-refractivity contribution is -0.115. The quantitative estimate of drug-likeness (QED) is 0.654. The van der Waals surface area contributed by atoms with Crippen molar-refractivity contribution in [1.29, 1.82) is 0 Å². The van der Waals surface area contributed by atoms with Gasteiger partial charge >= 0.3 is 0 Å². The minimum atomic E-state index is 0.269. The molecule has 1 aromatic carbocycles. The zero-order chi connectivity index (χ0) is 13.1. The Bertz CT molecular complexity index is 522. The van der Waals surface area contributed by atoms with Crippen LogP contribution in [0.2, 0.25) is 0 Å². The van der Waals surface area contributed by atoms with E-state index in [4.69, 9.17) is 9.47 Å². The lowest BCUT2D eigenvalue weighted by atomic mass is 10.1. The first kappa shape index (κ1) is 12.1. The normalized spacial score (nSPS) is 20.4. The van der Waals surface area contributed by atoms with E-state index in [0.717, 1.165) is 48.4 Å². The summed E-state index contributed by atoms with van der Waals surface area (Å²) in [5.74, 6) is 1.78. The highest BCUT2D eigenvalue weighted by atomic mass is 16.7. The van der Waals surface area contributed by atoms with Gasteiger partial charge in [-0.1, -0.05) is 6.42 Å². The van der Waals surface area contributed by atoms with Gasteiger partial charge < -0.3 is 14.8 Å².